The van der Waals surface area contributed by atoms with Crippen molar-refractivity contribution >= 4 is 11.5 Å². The molecule has 114 valence electrons. The van der Waals surface area contributed by atoms with Gasteiger partial charge in [0.2, 0.25) is 0 Å². The average molecular weight is 301 g/mol. The lowest BCUT2D eigenvalue weighted by Crippen LogP contribution is -1.98. The summed E-state index contributed by atoms with van der Waals surface area (Å²) in [5.41, 5.74) is 2.35. The molecular formula is C15H15N3O4. The quantitative estimate of drug-likeness (QED) is 0.830. The summed E-state index contributed by atoms with van der Waals surface area (Å²) < 4.78 is 10.6. The summed E-state index contributed by atoms with van der Waals surface area (Å²) >= 11 is 0. The predicted molar refractivity (Wildman–Crippen MR) is 77.4 cm³/mol. The number of phenols is 1. The highest BCUT2D eigenvalue weighted by Crippen LogP contribution is 2.34. The molecule has 0 saturated carbocycles. The van der Waals surface area contributed by atoms with Crippen LogP contribution in [-0.2, 0) is 22.7 Å². The van der Waals surface area contributed by atoms with Gasteiger partial charge in [0.1, 0.15) is 18.3 Å². The Kier molecular flexibility index (Phi) is 3.99. The Hall–Kier alpha value is -2.51. The molecule has 7 nitrogen and oxygen atoms in total. The highest BCUT2D eigenvalue weighted by Gasteiger charge is 2.20. The third kappa shape index (κ3) is 2.90. The van der Waals surface area contributed by atoms with Crippen molar-refractivity contribution in [2.45, 2.75) is 20.1 Å². The number of ether oxygens (including phenoxy) is 2. The number of benzene rings is 1. The van der Waals surface area contributed by atoms with Crippen LogP contribution in [0.2, 0.25) is 0 Å². The molecule has 0 aliphatic carbocycles. The maximum Gasteiger partial charge on any atom is 0.180 e. The lowest BCUT2D eigenvalue weighted by Gasteiger charge is -2.10. The Balaban J connectivity index is 1.99. The summed E-state index contributed by atoms with van der Waals surface area (Å²) in [4.78, 5) is 4.26. The first kappa shape index (κ1) is 14.4. The summed E-state index contributed by atoms with van der Waals surface area (Å²) in [5.74, 6) is 0.657. The van der Waals surface area contributed by atoms with E-state index in [0.29, 0.717) is 28.3 Å². The van der Waals surface area contributed by atoms with Crippen molar-refractivity contribution in [1.82, 2.24) is 4.98 Å². The number of aryl methyl sites for hydroxylation is 1. The van der Waals surface area contributed by atoms with Crippen LogP contribution in [-0.4, -0.2) is 22.0 Å². The second-order valence-corrected chi connectivity index (χ2v) is 4.86. The van der Waals surface area contributed by atoms with Gasteiger partial charge in [-0.25, -0.2) is 4.98 Å². The second kappa shape index (κ2) is 6.08. The number of nitrogens with zero attached hydrogens (tertiary/aromatic N) is 3. The first-order valence-corrected chi connectivity index (χ1v) is 6.72. The van der Waals surface area contributed by atoms with Gasteiger partial charge < -0.3 is 19.7 Å². The van der Waals surface area contributed by atoms with Crippen LogP contribution in [0.3, 0.4) is 0 Å². The van der Waals surface area contributed by atoms with Crippen LogP contribution in [0.25, 0.3) is 0 Å². The summed E-state index contributed by atoms with van der Waals surface area (Å²) in [6.07, 6.45) is 0. The van der Waals surface area contributed by atoms with Gasteiger partial charge in [-0.1, -0.05) is 0 Å². The Morgan fingerprint density at radius 3 is 2.41 bits per heavy atom. The molecule has 1 aromatic heterocycles. The molecule has 0 bridgehead atoms. The molecule has 1 aromatic carbocycles. The van der Waals surface area contributed by atoms with Crippen molar-refractivity contribution in [1.29, 1.82) is 0 Å². The first-order chi connectivity index (χ1) is 10.6. The third-order valence-corrected chi connectivity index (χ3v) is 3.31. The standard InChI is InChI=1S/C15H15N3O4/c1-9-14(20)12-6-21-8-22-7-13(12)15(16-9)18-17-10-2-4-11(19)5-3-10/h2-5,19-20H,6-8H2,1H3. The topological polar surface area (TPSA) is 96.5 Å². The largest absolute Gasteiger partial charge is 0.508 e. The van der Waals surface area contributed by atoms with Gasteiger partial charge >= 0.3 is 0 Å². The molecule has 1 aliphatic heterocycles. The average Bonchev–Trinajstić information content (AvgIpc) is 2.77. The molecule has 0 fully saturated rings. The summed E-state index contributed by atoms with van der Waals surface area (Å²) in [5, 5.41) is 27.6. The van der Waals surface area contributed by atoms with Gasteiger partial charge in [0.15, 0.2) is 5.82 Å². The molecule has 2 aromatic rings. The fourth-order valence-electron chi connectivity index (χ4n) is 2.14. The maximum absolute atomic E-state index is 10.1. The van der Waals surface area contributed by atoms with Crippen LogP contribution in [0.15, 0.2) is 34.5 Å². The number of aromatic hydroxyl groups is 2. The molecule has 0 unspecified atom stereocenters. The molecular weight excluding hydrogens is 286 g/mol. The van der Waals surface area contributed by atoms with Gasteiger partial charge in [0.05, 0.1) is 24.6 Å². The van der Waals surface area contributed by atoms with Gasteiger partial charge in [-0.2, -0.15) is 0 Å². The van der Waals surface area contributed by atoms with Crippen LogP contribution >= 0.6 is 0 Å². The van der Waals surface area contributed by atoms with E-state index in [1.54, 1.807) is 19.1 Å². The van der Waals surface area contributed by atoms with E-state index >= 15 is 0 Å². The van der Waals surface area contributed by atoms with Gasteiger partial charge in [0, 0.05) is 11.1 Å². The number of fused-ring (bicyclic) bond motifs is 1. The van der Waals surface area contributed by atoms with Crippen LogP contribution in [0.5, 0.6) is 11.5 Å². The Morgan fingerprint density at radius 2 is 1.68 bits per heavy atom. The minimum atomic E-state index is 0.101. The zero-order valence-corrected chi connectivity index (χ0v) is 12.0. The van der Waals surface area contributed by atoms with E-state index in [1.165, 1.54) is 12.1 Å². The zero-order chi connectivity index (χ0) is 15.5. The summed E-state index contributed by atoms with van der Waals surface area (Å²) in [6, 6.07) is 6.34. The third-order valence-electron chi connectivity index (χ3n) is 3.31. The number of rotatable bonds is 2. The second-order valence-electron chi connectivity index (χ2n) is 4.86. The highest BCUT2D eigenvalue weighted by atomic mass is 16.7. The molecule has 0 saturated heterocycles. The van der Waals surface area contributed by atoms with Crippen molar-refractivity contribution in [2.24, 2.45) is 10.2 Å². The van der Waals surface area contributed by atoms with Crippen LogP contribution in [0.1, 0.15) is 16.8 Å². The molecule has 0 radical (unpaired) electrons. The molecule has 0 atom stereocenters. The van der Waals surface area contributed by atoms with Crippen LogP contribution < -0.4 is 0 Å². The van der Waals surface area contributed by atoms with E-state index in [9.17, 15) is 10.2 Å². The molecule has 0 amide bonds. The van der Waals surface area contributed by atoms with E-state index in [1.807, 2.05) is 0 Å². The minimum absolute atomic E-state index is 0.101. The zero-order valence-electron chi connectivity index (χ0n) is 12.0. The van der Waals surface area contributed by atoms with Crippen molar-refractivity contribution in [3.63, 3.8) is 0 Å². The number of hydrogen-bond acceptors (Lipinski definition) is 7. The van der Waals surface area contributed by atoms with Gasteiger partial charge in [-0.15, -0.1) is 10.2 Å². The first-order valence-electron chi connectivity index (χ1n) is 6.72. The van der Waals surface area contributed by atoms with E-state index < -0.39 is 0 Å². The fraction of sp³-hybridized carbons (Fsp3) is 0.267. The molecule has 7 heteroatoms. The van der Waals surface area contributed by atoms with Gasteiger partial charge in [-0.05, 0) is 31.2 Å². The summed E-state index contributed by atoms with van der Waals surface area (Å²) in [7, 11) is 0. The monoisotopic (exact) mass is 301 g/mol. The Labute approximate surface area is 126 Å². The molecule has 2 N–H and O–H groups in total. The molecule has 3 rings (SSSR count). The number of aromatic nitrogens is 1. The Morgan fingerprint density at radius 1 is 1.00 bits per heavy atom. The normalized spacial score (nSPS) is 14.8. The van der Waals surface area contributed by atoms with E-state index in [4.69, 9.17) is 9.47 Å². The van der Waals surface area contributed by atoms with E-state index in [-0.39, 0.29) is 31.5 Å². The smallest absolute Gasteiger partial charge is 0.180 e. The number of hydrogen-bond donors (Lipinski definition) is 2. The Bertz CT molecular complexity index is 714. The molecule has 1 aliphatic rings. The van der Waals surface area contributed by atoms with Crippen molar-refractivity contribution in [3.05, 3.63) is 41.1 Å². The molecule has 22 heavy (non-hydrogen) atoms. The van der Waals surface area contributed by atoms with Crippen molar-refractivity contribution in [3.8, 4) is 11.5 Å². The number of pyridine rings is 1. The number of azo groups is 1. The van der Waals surface area contributed by atoms with Crippen LogP contribution in [0, 0.1) is 6.92 Å². The lowest BCUT2D eigenvalue weighted by atomic mass is 10.1. The van der Waals surface area contributed by atoms with Crippen molar-refractivity contribution < 1.29 is 19.7 Å². The highest BCUT2D eigenvalue weighted by molar-refractivity contribution is 5.52. The van der Waals surface area contributed by atoms with Gasteiger partial charge in [0.25, 0.3) is 0 Å². The maximum atomic E-state index is 10.1. The van der Waals surface area contributed by atoms with E-state index in [0.717, 1.165) is 0 Å². The van der Waals surface area contributed by atoms with Crippen molar-refractivity contribution in [2.75, 3.05) is 6.79 Å². The van der Waals surface area contributed by atoms with E-state index in [2.05, 4.69) is 15.2 Å². The fourth-order valence-corrected chi connectivity index (χ4v) is 2.14. The number of phenolic OH excluding ortho intramolecular Hbond substituents is 1. The predicted octanol–water partition coefficient (Wildman–Crippen LogP) is 3.22. The SMILES string of the molecule is Cc1nc(N=Nc2ccc(O)cc2)c2c(c1O)COCOC2. The lowest BCUT2D eigenvalue weighted by molar-refractivity contribution is -0.0588. The minimum Gasteiger partial charge on any atom is -0.508 e. The van der Waals surface area contributed by atoms with Crippen LogP contribution in [0.4, 0.5) is 11.5 Å². The van der Waals surface area contributed by atoms with Gasteiger partial charge in [-0.3, -0.25) is 0 Å². The summed E-state index contributed by atoms with van der Waals surface area (Å²) in [6.45, 7) is 2.34. The molecule has 0 spiro atoms. The molecule has 2 heterocycles.